The van der Waals surface area contributed by atoms with E-state index < -0.39 is 0 Å². The minimum atomic E-state index is 0.0762. The van der Waals surface area contributed by atoms with Gasteiger partial charge >= 0.3 is 0 Å². The van der Waals surface area contributed by atoms with Crippen molar-refractivity contribution in [2.75, 3.05) is 13.2 Å². The molecule has 0 radical (unpaired) electrons. The van der Waals surface area contributed by atoms with Crippen LogP contribution in [0.1, 0.15) is 31.0 Å². The molecule has 5 heteroatoms. The van der Waals surface area contributed by atoms with Gasteiger partial charge in [-0.2, -0.15) is 5.10 Å². The fourth-order valence-corrected chi connectivity index (χ4v) is 2.00. The minimum Gasteiger partial charge on any atom is -0.381 e. The Balaban J connectivity index is 2.42. The first kappa shape index (κ1) is 14.5. The molecule has 1 aromatic rings. The van der Waals surface area contributed by atoms with Gasteiger partial charge in [0.1, 0.15) is 5.15 Å². The molecule has 98 valence electrons. The molecule has 0 aliphatic carbocycles. The highest BCUT2D eigenvalue weighted by molar-refractivity contribution is 6.30. The second kappa shape index (κ2) is 6.99. The highest BCUT2D eigenvalue weighted by Crippen LogP contribution is 2.20. The topological polar surface area (TPSA) is 53.1 Å². The highest BCUT2D eigenvalue weighted by atomic mass is 35.5. The van der Waals surface area contributed by atoms with Crippen molar-refractivity contribution in [1.29, 1.82) is 0 Å². The molecular formula is C12H22ClN3O. The van der Waals surface area contributed by atoms with E-state index in [0.29, 0.717) is 11.8 Å². The fourth-order valence-electron chi connectivity index (χ4n) is 1.75. The maximum Gasteiger partial charge on any atom is 0.130 e. The van der Waals surface area contributed by atoms with E-state index in [1.54, 1.807) is 4.68 Å². The number of nitrogens with two attached hydrogens (primary N) is 1. The number of ether oxygens (including phenoxy) is 1. The summed E-state index contributed by atoms with van der Waals surface area (Å²) in [4.78, 5) is 0. The van der Waals surface area contributed by atoms with E-state index in [-0.39, 0.29) is 6.04 Å². The van der Waals surface area contributed by atoms with Gasteiger partial charge in [-0.05, 0) is 26.2 Å². The summed E-state index contributed by atoms with van der Waals surface area (Å²) in [6, 6.07) is 0.0762. The quantitative estimate of drug-likeness (QED) is 0.763. The molecule has 0 amide bonds. The average molecular weight is 260 g/mol. The molecule has 2 N–H and O–H groups in total. The molecule has 17 heavy (non-hydrogen) atoms. The predicted octanol–water partition coefficient (Wildman–Crippen LogP) is 2.07. The van der Waals surface area contributed by atoms with Crippen molar-refractivity contribution in [1.82, 2.24) is 9.78 Å². The number of aryl methyl sites for hydroxylation is 2. The van der Waals surface area contributed by atoms with Crippen LogP contribution in [0.4, 0.5) is 0 Å². The number of hydrogen-bond acceptors (Lipinski definition) is 3. The molecule has 1 rings (SSSR count). The molecule has 0 saturated heterocycles. The highest BCUT2D eigenvalue weighted by Gasteiger charge is 2.14. The van der Waals surface area contributed by atoms with Gasteiger partial charge in [-0.15, -0.1) is 0 Å². The minimum absolute atomic E-state index is 0.0762. The summed E-state index contributed by atoms with van der Waals surface area (Å²) in [5.74, 6) is 0. The summed E-state index contributed by atoms with van der Waals surface area (Å²) >= 11 is 6.16. The average Bonchev–Trinajstić information content (AvgIpc) is 2.52. The monoisotopic (exact) mass is 259 g/mol. The molecule has 0 aromatic carbocycles. The Morgan fingerprint density at radius 2 is 2.18 bits per heavy atom. The van der Waals surface area contributed by atoms with Crippen LogP contribution in [0, 0.1) is 6.92 Å². The smallest absolute Gasteiger partial charge is 0.130 e. The Labute approximate surface area is 108 Å². The SMILES string of the molecule is CCCOCCC(N)Cc1c(C)nn(C)c1Cl. The van der Waals surface area contributed by atoms with Gasteiger partial charge < -0.3 is 10.5 Å². The summed E-state index contributed by atoms with van der Waals surface area (Å²) in [5, 5.41) is 4.96. The van der Waals surface area contributed by atoms with Crippen LogP contribution in [0.3, 0.4) is 0 Å². The number of rotatable bonds is 7. The Morgan fingerprint density at radius 1 is 1.47 bits per heavy atom. The van der Waals surface area contributed by atoms with E-state index in [0.717, 1.165) is 37.1 Å². The molecule has 0 saturated carbocycles. The van der Waals surface area contributed by atoms with E-state index in [9.17, 15) is 0 Å². The molecule has 1 heterocycles. The fraction of sp³-hybridized carbons (Fsp3) is 0.750. The summed E-state index contributed by atoms with van der Waals surface area (Å²) < 4.78 is 7.11. The van der Waals surface area contributed by atoms with Crippen molar-refractivity contribution in [2.45, 2.75) is 39.2 Å². The van der Waals surface area contributed by atoms with E-state index in [1.165, 1.54) is 0 Å². The number of aromatic nitrogens is 2. The van der Waals surface area contributed by atoms with Gasteiger partial charge in [0.2, 0.25) is 0 Å². The molecule has 4 nitrogen and oxygen atoms in total. The van der Waals surface area contributed by atoms with Gasteiger partial charge in [0.05, 0.1) is 5.69 Å². The maximum atomic E-state index is 6.16. The predicted molar refractivity (Wildman–Crippen MR) is 70.4 cm³/mol. The van der Waals surface area contributed by atoms with Gasteiger partial charge in [-0.1, -0.05) is 18.5 Å². The van der Waals surface area contributed by atoms with Crippen LogP contribution in [0.5, 0.6) is 0 Å². The summed E-state index contributed by atoms with van der Waals surface area (Å²) in [6.45, 7) is 5.57. The van der Waals surface area contributed by atoms with Crippen LogP contribution >= 0.6 is 11.6 Å². The largest absolute Gasteiger partial charge is 0.381 e. The van der Waals surface area contributed by atoms with Crippen LogP contribution in [-0.4, -0.2) is 29.0 Å². The normalized spacial score (nSPS) is 13.0. The lowest BCUT2D eigenvalue weighted by Crippen LogP contribution is -2.25. The number of halogens is 1. The van der Waals surface area contributed by atoms with Gasteiger partial charge in [-0.25, -0.2) is 0 Å². The van der Waals surface area contributed by atoms with Crippen LogP contribution < -0.4 is 5.73 Å². The summed E-state index contributed by atoms with van der Waals surface area (Å²) in [7, 11) is 1.84. The zero-order chi connectivity index (χ0) is 12.8. The van der Waals surface area contributed by atoms with E-state index in [4.69, 9.17) is 22.1 Å². The first-order valence-corrected chi connectivity index (χ1v) is 6.45. The second-order valence-corrected chi connectivity index (χ2v) is 4.70. The van der Waals surface area contributed by atoms with Gasteiger partial charge in [0.15, 0.2) is 0 Å². The van der Waals surface area contributed by atoms with Crippen molar-refractivity contribution in [2.24, 2.45) is 12.8 Å². The third-order valence-corrected chi connectivity index (χ3v) is 3.19. The molecule has 0 spiro atoms. The van der Waals surface area contributed by atoms with Crippen LogP contribution in [-0.2, 0) is 18.2 Å². The third kappa shape index (κ3) is 4.30. The molecule has 0 fully saturated rings. The van der Waals surface area contributed by atoms with Gasteiger partial charge in [-0.3, -0.25) is 4.68 Å². The van der Waals surface area contributed by atoms with E-state index in [2.05, 4.69) is 12.0 Å². The number of nitrogens with zero attached hydrogens (tertiary/aromatic N) is 2. The second-order valence-electron chi connectivity index (χ2n) is 4.34. The molecule has 1 unspecified atom stereocenters. The van der Waals surface area contributed by atoms with Gasteiger partial charge in [0.25, 0.3) is 0 Å². The lowest BCUT2D eigenvalue weighted by molar-refractivity contribution is 0.127. The van der Waals surface area contributed by atoms with Crippen molar-refractivity contribution in [3.63, 3.8) is 0 Å². The Kier molecular flexibility index (Phi) is 5.95. The first-order valence-electron chi connectivity index (χ1n) is 6.07. The van der Waals surface area contributed by atoms with Gasteiger partial charge in [0, 0.05) is 31.9 Å². The van der Waals surface area contributed by atoms with Crippen molar-refractivity contribution in [3.8, 4) is 0 Å². The van der Waals surface area contributed by atoms with Crippen molar-refractivity contribution in [3.05, 3.63) is 16.4 Å². The molecule has 0 aliphatic heterocycles. The Hall–Kier alpha value is -0.580. The molecule has 0 aliphatic rings. The first-order chi connectivity index (χ1) is 8.06. The third-order valence-electron chi connectivity index (χ3n) is 2.72. The lowest BCUT2D eigenvalue weighted by atomic mass is 10.1. The zero-order valence-corrected chi connectivity index (χ0v) is 11.6. The standard InChI is InChI=1S/C12H22ClN3O/c1-4-6-17-7-5-10(14)8-11-9(2)15-16(3)12(11)13/h10H,4-8,14H2,1-3H3. The maximum absolute atomic E-state index is 6.16. The molecule has 1 atom stereocenters. The lowest BCUT2D eigenvalue weighted by Gasteiger charge is -2.11. The molecule has 1 aromatic heterocycles. The number of hydrogen-bond donors (Lipinski definition) is 1. The summed E-state index contributed by atoms with van der Waals surface area (Å²) in [5.41, 5.74) is 8.07. The van der Waals surface area contributed by atoms with Crippen molar-refractivity contribution < 1.29 is 4.74 Å². The van der Waals surface area contributed by atoms with Crippen molar-refractivity contribution >= 4 is 11.6 Å². The molecular weight excluding hydrogens is 238 g/mol. The van der Waals surface area contributed by atoms with E-state index in [1.807, 2.05) is 14.0 Å². The van der Waals surface area contributed by atoms with Crippen LogP contribution in [0.25, 0.3) is 0 Å². The Bertz CT molecular complexity index is 352. The van der Waals surface area contributed by atoms with Crippen LogP contribution in [0.2, 0.25) is 5.15 Å². The Morgan fingerprint density at radius 3 is 2.71 bits per heavy atom. The van der Waals surface area contributed by atoms with E-state index >= 15 is 0 Å². The summed E-state index contributed by atoms with van der Waals surface area (Å²) in [6.07, 6.45) is 2.65. The zero-order valence-electron chi connectivity index (χ0n) is 10.9. The molecule has 0 bridgehead atoms. The van der Waals surface area contributed by atoms with Crippen LogP contribution in [0.15, 0.2) is 0 Å².